The molecule has 0 radical (unpaired) electrons. The van der Waals surface area contributed by atoms with Gasteiger partial charge in [0.1, 0.15) is 5.82 Å². The highest BCUT2D eigenvalue weighted by atomic mass is 35.5. The Morgan fingerprint density at radius 2 is 1.97 bits per heavy atom. The molecule has 0 saturated carbocycles. The number of fused-ring (bicyclic) bond motifs is 1. The number of hydrogen-bond donors (Lipinski definition) is 0. The third-order valence-corrected chi connectivity index (χ3v) is 6.48. The fourth-order valence-electron chi connectivity index (χ4n) is 3.89. The van der Waals surface area contributed by atoms with E-state index in [9.17, 15) is 9.59 Å². The first kappa shape index (κ1) is 21.1. The number of carbonyl (C=O) groups is 1. The predicted octanol–water partition coefficient (Wildman–Crippen LogP) is 5.25. The van der Waals surface area contributed by atoms with Gasteiger partial charge in [-0.2, -0.15) is 0 Å². The van der Waals surface area contributed by atoms with Crippen molar-refractivity contribution in [3.8, 4) is 0 Å². The average Bonchev–Trinajstić information content (AvgIpc) is 2.72. The van der Waals surface area contributed by atoms with E-state index in [0.29, 0.717) is 39.7 Å². The summed E-state index contributed by atoms with van der Waals surface area (Å²) in [6.45, 7) is 4.67. The van der Waals surface area contributed by atoms with Crippen molar-refractivity contribution < 1.29 is 9.53 Å². The van der Waals surface area contributed by atoms with Crippen LogP contribution >= 0.6 is 23.4 Å². The van der Waals surface area contributed by atoms with Crippen LogP contribution in [-0.2, 0) is 10.5 Å². The van der Waals surface area contributed by atoms with Gasteiger partial charge >= 0.3 is 0 Å². The Hall–Kier alpha value is -2.15. The maximum atomic E-state index is 13.4. The molecule has 4 rings (SSSR count). The Labute approximate surface area is 184 Å². The molecular formula is C23H23ClN2O3S. The summed E-state index contributed by atoms with van der Waals surface area (Å²) in [5, 5.41) is 1.11. The zero-order chi connectivity index (χ0) is 21.3. The zero-order valence-corrected chi connectivity index (χ0v) is 18.5. The van der Waals surface area contributed by atoms with Gasteiger partial charge in [0, 0.05) is 23.2 Å². The molecule has 0 spiro atoms. The zero-order valence-electron chi connectivity index (χ0n) is 16.9. The highest BCUT2D eigenvalue weighted by Crippen LogP contribution is 2.33. The van der Waals surface area contributed by atoms with E-state index in [1.54, 1.807) is 34.9 Å². The van der Waals surface area contributed by atoms with E-state index in [4.69, 9.17) is 21.3 Å². The van der Waals surface area contributed by atoms with Crippen molar-refractivity contribution in [3.05, 3.63) is 75.3 Å². The van der Waals surface area contributed by atoms with E-state index in [1.165, 1.54) is 0 Å². The highest BCUT2D eigenvalue weighted by Gasteiger charge is 2.32. The van der Waals surface area contributed by atoms with Gasteiger partial charge < -0.3 is 4.74 Å². The lowest BCUT2D eigenvalue weighted by molar-refractivity contribution is -0.0699. The van der Waals surface area contributed by atoms with Crippen LogP contribution in [0.1, 0.15) is 48.9 Å². The van der Waals surface area contributed by atoms with Crippen LogP contribution < -0.4 is 5.56 Å². The molecule has 3 aromatic rings. The van der Waals surface area contributed by atoms with Gasteiger partial charge in [0.05, 0.1) is 22.3 Å². The lowest BCUT2D eigenvalue weighted by Gasteiger charge is -2.37. The quantitative estimate of drug-likeness (QED) is 0.552. The minimum atomic E-state index is -0.308. The predicted molar refractivity (Wildman–Crippen MR) is 121 cm³/mol. The topological polar surface area (TPSA) is 61.2 Å². The molecule has 1 aliphatic heterocycles. The number of para-hydroxylation sites is 1. The SMILES string of the molecule is CC1(C)CC(n2c(CSC(=O)c3ccc(Cl)cc3)nc3ccccc3c2=O)CCO1. The molecule has 156 valence electrons. The third kappa shape index (κ3) is 4.46. The van der Waals surface area contributed by atoms with Gasteiger partial charge in [-0.25, -0.2) is 4.98 Å². The van der Waals surface area contributed by atoms with Gasteiger partial charge in [-0.15, -0.1) is 0 Å². The van der Waals surface area contributed by atoms with E-state index < -0.39 is 0 Å². The smallest absolute Gasteiger partial charge is 0.261 e. The normalized spacial score (nSPS) is 18.4. The Kier molecular flexibility index (Phi) is 6.00. The number of rotatable bonds is 4. The monoisotopic (exact) mass is 442 g/mol. The lowest BCUT2D eigenvalue weighted by atomic mass is 9.93. The van der Waals surface area contributed by atoms with Gasteiger partial charge in [0.15, 0.2) is 0 Å². The summed E-state index contributed by atoms with van der Waals surface area (Å²) in [7, 11) is 0. The summed E-state index contributed by atoms with van der Waals surface area (Å²) in [5.41, 5.74) is 0.862. The van der Waals surface area contributed by atoms with Crippen LogP contribution in [0.2, 0.25) is 5.02 Å². The molecule has 1 saturated heterocycles. The molecule has 1 aromatic heterocycles. The molecule has 1 unspecified atom stereocenters. The summed E-state index contributed by atoms with van der Waals surface area (Å²) in [6, 6.07) is 14.2. The number of halogens is 1. The number of benzene rings is 2. The molecule has 2 aromatic carbocycles. The molecule has 1 aliphatic rings. The van der Waals surface area contributed by atoms with Crippen LogP contribution in [0.25, 0.3) is 10.9 Å². The molecule has 1 fully saturated rings. The van der Waals surface area contributed by atoms with E-state index in [2.05, 4.69) is 0 Å². The van der Waals surface area contributed by atoms with Crippen molar-refractivity contribution in [2.75, 3.05) is 6.61 Å². The molecule has 1 atom stereocenters. The molecule has 5 nitrogen and oxygen atoms in total. The van der Waals surface area contributed by atoms with Gasteiger partial charge in [-0.1, -0.05) is 35.5 Å². The second-order valence-electron chi connectivity index (χ2n) is 8.06. The van der Waals surface area contributed by atoms with Crippen molar-refractivity contribution in [2.24, 2.45) is 0 Å². The van der Waals surface area contributed by atoms with Crippen LogP contribution in [0, 0.1) is 0 Å². The Balaban J connectivity index is 1.69. The van der Waals surface area contributed by atoms with Crippen molar-refractivity contribution in [3.63, 3.8) is 0 Å². The molecule has 0 N–H and O–H groups in total. The minimum absolute atomic E-state index is 0.0143. The Morgan fingerprint density at radius 3 is 2.70 bits per heavy atom. The maximum Gasteiger partial charge on any atom is 0.261 e. The number of hydrogen-bond acceptors (Lipinski definition) is 5. The molecule has 30 heavy (non-hydrogen) atoms. The highest BCUT2D eigenvalue weighted by molar-refractivity contribution is 8.13. The first-order chi connectivity index (χ1) is 14.3. The lowest BCUT2D eigenvalue weighted by Crippen LogP contribution is -2.39. The van der Waals surface area contributed by atoms with Crippen LogP contribution in [0.15, 0.2) is 53.3 Å². The molecule has 0 amide bonds. The van der Waals surface area contributed by atoms with E-state index in [-0.39, 0.29) is 22.3 Å². The van der Waals surface area contributed by atoms with Gasteiger partial charge in [0.25, 0.3) is 5.56 Å². The molecule has 2 heterocycles. The summed E-state index contributed by atoms with van der Waals surface area (Å²) in [5.74, 6) is 0.938. The maximum absolute atomic E-state index is 13.4. The Morgan fingerprint density at radius 1 is 1.23 bits per heavy atom. The van der Waals surface area contributed by atoms with Crippen molar-refractivity contribution in [2.45, 2.75) is 44.1 Å². The van der Waals surface area contributed by atoms with Gasteiger partial charge in [0.2, 0.25) is 5.12 Å². The number of carbonyl (C=O) groups excluding carboxylic acids is 1. The van der Waals surface area contributed by atoms with Crippen LogP contribution in [0.5, 0.6) is 0 Å². The van der Waals surface area contributed by atoms with Gasteiger partial charge in [-0.05, 0) is 63.1 Å². The molecule has 0 aliphatic carbocycles. The molecule has 0 bridgehead atoms. The molecule has 7 heteroatoms. The van der Waals surface area contributed by atoms with E-state index >= 15 is 0 Å². The fraction of sp³-hybridized carbons (Fsp3) is 0.348. The standard InChI is InChI=1S/C23H23ClN2O3S/c1-23(2)13-17(11-12-29-23)26-20(25-19-6-4-3-5-18(19)21(26)27)14-30-22(28)15-7-9-16(24)10-8-15/h3-10,17H,11-14H2,1-2H3. The van der Waals surface area contributed by atoms with Crippen molar-refractivity contribution in [1.82, 2.24) is 9.55 Å². The van der Waals surface area contributed by atoms with E-state index in [1.807, 2.05) is 32.0 Å². The fourth-order valence-corrected chi connectivity index (χ4v) is 4.78. The van der Waals surface area contributed by atoms with Crippen molar-refractivity contribution in [1.29, 1.82) is 0 Å². The van der Waals surface area contributed by atoms with E-state index in [0.717, 1.165) is 24.6 Å². The second-order valence-corrected chi connectivity index (χ2v) is 9.44. The first-order valence-electron chi connectivity index (χ1n) is 9.91. The number of ether oxygens (including phenoxy) is 1. The average molecular weight is 443 g/mol. The third-order valence-electron chi connectivity index (χ3n) is 5.33. The summed E-state index contributed by atoms with van der Waals surface area (Å²) >= 11 is 7.06. The summed E-state index contributed by atoms with van der Waals surface area (Å²) in [4.78, 5) is 30.8. The van der Waals surface area contributed by atoms with Crippen molar-refractivity contribution >= 4 is 39.4 Å². The summed E-state index contributed by atoms with van der Waals surface area (Å²) < 4.78 is 7.63. The van der Waals surface area contributed by atoms with Crippen LogP contribution in [0.3, 0.4) is 0 Å². The molecular weight excluding hydrogens is 420 g/mol. The van der Waals surface area contributed by atoms with Crippen LogP contribution in [-0.4, -0.2) is 26.9 Å². The largest absolute Gasteiger partial charge is 0.375 e. The number of aromatic nitrogens is 2. The summed E-state index contributed by atoms with van der Waals surface area (Å²) in [6.07, 6.45) is 1.46. The Bertz CT molecular complexity index is 1140. The second kappa shape index (κ2) is 8.53. The minimum Gasteiger partial charge on any atom is -0.375 e. The first-order valence-corrected chi connectivity index (χ1v) is 11.3. The number of nitrogens with zero attached hydrogens (tertiary/aromatic N) is 2. The van der Waals surface area contributed by atoms with Crippen LogP contribution in [0.4, 0.5) is 0 Å². The number of thioether (sulfide) groups is 1. The van der Waals surface area contributed by atoms with Gasteiger partial charge in [-0.3, -0.25) is 14.2 Å².